The first-order chi connectivity index (χ1) is 7.79. The minimum absolute atomic E-state index is 0.383. The van der Waals surface area contributed by atoms with Crippen LogP contribution in [0.1, 0.15) is 10.4 Å². The van der Waals surface area contributed by atoms with E-state index in [0.29, 0.717) is 11.8 Å². The Hall–Kier alpha value is -1.61. The number of benzene rings is 2. The van der Waals surface area contributed by atoms with Gasteiger partial charge >= 0.3 is 0 Å². The summed E-state index contributed by atoms with van der Waals surface area (Å²) in [5.74, 6) is -0.389. The van der Waals surface area contributed by atoms with Gasteiger partial charge < -0.3 is 0 Å². The summed E-state index contributed by atoms with van der Waals surface area (Å²) in [4.78, 5) is 12.6. The van der Waals surface area contributed by atoms with Crippen LogP contribution in [0.5, 0.6) is 0 Å². The van der Waals surface area contributed by atoms with Gasteiger partial charge in [0.2, 0.25) is 0 Å². The fourth-order valence-electron chi connectivity index (χ4n) is 1.32. The molecule has 0 aliphatic heterocycles. The van der Waals surface area contributed by atoms with Crippen LogP contribution in [-0.2, 0) is 0 Å². The van der Waals surface area contributed by atoms with E-state index < -0.39 is 0 Å². The Bertz CT molecular complexity index is 497. The third-order valence-electron chi connectivity index (χ3n) is 2.07. The molecule has 80 valence electrons. The predicted molar refractivity (Wildman–Crippen MR) is 62.4 cm³/mol. The zero-order valence-electron chi connectivity index (χ0n) is 8.39. The van der Waals surface area contributed by atoms with Gasteiger partial charge in [0.25, 0.3) is 0 Å². The lowest BCUT2D eigenvalue weighted by Crippen LogP contribution is -1.87. The van der Waals surface area contributed by atoms with E-state index in [1.165, 1.54) is 23.9 Å². The van der Waals surface area contributed by atoms with Crippen molar-refractivity contribution in [3.8, 4) is 0 Å². The summed E-state index contributed by atoms with van der Waals surface area (Å²) < 4.78 is 12.9. The smallest absolute Gasteiger partial charge is 0.151 e. The van der Waals surface area contributed by atoms with E-state index >= 15 is 0 Å². The number of carbonyl (C=O) groups is 1. The maximum absolute atomic E-state index is 12.9. The van der Waals surface area contributed by atoms with Crippen LogP contribution in [0.25, 0.3) is 0 Å². The molecule has 0 aromatic heterocycles. The van der Waals surface area contributed by atoms with Crippen LogP contribution in [0.2, 0.25) is 0 Å². The average Bonchev–Trinajstić information content (AvgIpc) is 2.33. The van der Waals surface area contributed by atoms with Crippen LogP contribution < -0.4 is 0 Å². The van der Waals surface area contributed by atoms with Gasteiger partial charge in [-0.1, -0.05) is 30.0 Å². The van der Waals surface area contributed by atoms with E-state index in [2.05, 4.69) is 0 Å². The number of carbonyl (C=O) groups excluding carboxylic acids is 1. The normalized spacial score (nSPS) is 10.1. The summed E-state index contributed by atoms with van der Waals surface area (Å²) in [6.45, 7) is 0. The molecule has 2 rings (SSSR count). The summed E-state index contributed by atoms with van der Waals surface area (Å²) >= 11 is 1.45. The number of aldehydes is 1. The van der Waals surface area contributed by atoms with Crippen molar-refractivity contribution in [2.45, 2.75) is 9.79 Å². The molecule has 0 saturated heterocycles. The minimum atomic E-state index is -0.389. The van der Waals surface area contributed by atoms with Gasteiger partial charge in [-0.3, -0.25) is 4.79 Å². The first kappa shape index (κ1) is 10.9. The number of halogens is 1. The second kappa shape index (κ2) is 4.94. The monoisotopic (exact) mass is 232 g/mol. The summed E-state index contributed by atoms with van der Waals surface area (Å²) in [7, 11) is 0. The first-order valence-corrected chi connectivity index (χ1v) is 5.59. The van der Waals surface area contributed by atoms with Gasteiger partial charge in [0, 0.05) is 15.4 Å². The lowest BCUT2D eigenvalue weighted by Gasteiger charge is -2.04. The van der Waals surface area contributed by atoms with Crippen molar-refractivity contribution in [2.75, 3.05) is 0 Å². The van der Waals surface area contributed by atoms with Gasteiger partial charge in [-0.2, -0.15) is 0 Å². The maximum atomic E-state index is 12.9. The third-order valence-corrected chi connectivity index (χ3v) is 3.17. The summed E-state index contributed by atoms with van der Waals surface area (Å²) in [6.07, 6.45) is 0.675. The first-order valence-electron chi connectivity index (χ1n) is 4.77. The lowest BCUT2D eigenvalue weighted by atomic mass is 10.2. The molecule has 2 aromatic carbocycles. The Kier molecular flexibility index (Phi) is 3.37. The molecule has 0 fully saturated rings. The van der Waals surface area contributed by atoms with Gasteiger partial charge in [-0.05, 0) is 30.3 Å². The van der Waals surface area contributed by atoms with Crippen LogP contribution in [0.3, 0.4) is 0 Å². The molecule has 0 aliphatic rings. The summed E-state index contributed by atoms with van der Waals surface area (Å²) in [6, 6.07) is 13.9. The Morgan fingerprint density at radius 2 is 1.81 bits per heavy atom. The van der Waals surface area contributed by atoms with Crippen LogP contribution in [0.4, 0.5) is 4.39 Å². The van der Waals surface area contributed by atoms with Crippen molar-refractivity contribution in [3.63, 3.8) is 0 Å². The van der Waals surface area contributed by atoms with E-state index in [1.54, 1.807) is 6.07 Å². The largest absolute Gasteiger partial charge is 0.298 e. The highest BCUT2D eigenvalue weighted by Crippen LogP contribution is 2.29. The second-order valence-electron chi connectivity index (χ2n) is 3.22. The summed E-state index contributed by atoms with van der Waals surface area (Å²) in [5.41, 5.74) is 0.383. The van der Waals surface area contributed by atoms with E-state index in [1.807, 2.05) is 30.3 Å². The van der Waals surface area contributed by atoms with Crippen LogP contribution in [0.15, 0.2) is 58.3 Å². The molecule has 0 aliphatic carbocycles. The van der Waals surface area contributed by atoms with E-state index in [9.17, 15) is 9.18 Å². The Morgan fingerprint density at radius 1 is 1.06 bits per heavy atom. The number of rotatable bonds is 3. The van der Waals surface area contributed by atoms with Crippen molar-refractivity contribution in [1.82, 2.24) is 0 Å². The van der Waals surface area contributed by atoms with Crippen LogP contribution in [0, 0.1) is 5.82 Å². The topological polar surface area (TPSA) is 17.1 Å². The molecule has 0 amide bonds. The fourth-order valence-corrected chi connectivity index (χ4v) is 2.23. The molecule has 3 heteroatoms. The highest BCUT2D eigenvalue weighted by molar-refractivity contribution is 7.99. The molecule has 0 spiro atoms. The van der Waals surface area contributed by atoms with Crippen molar-refractivity contribution >= 4 is 18.0 Å². The standard InChI is InChI=1S/C13H9FOS/c14-11-6-7-13(10(8-11)9-15)16-12-4-2-1-3-5-12/h1-9H. The van der Waals surface area contributed by atoms with Gasteiger partial charge in [-0.25, -0.2) is 4.39 Å². The summed E-state index contributed by atoms with van der Waals surface area (Å²) in [5, 5.41) is 0. The van der Waals surface area contributed by atoms with E-state index in [4.69, 9.17) is 0 Å². The Morgan fingerprint density at radius 3 is 2.50 bits per heavy atom. The van der Waals surface area contributed by atoms with Gasteiger partial charge in [0.15, 0.2) is 6.29 Å². The molecule has 0 N–H and O–H groups in total. The lowest BCUT2D eigenvalue weighted by molar-refractivity contribution is 0.112. The molecule has 0 bridgehead atoms. The number of hydrogen-bond donors (Lipinski definition) is 0. The average molecular weight is 232 g/mol. The molecule has 0 saturated carbocycles. The number of hydrogen-bond acceptors (Lipinski definition) is 2. The van der Waals surface area contributed by atoms with Crippen molar-refractivity contribution in [3.05, 3.63) is 59.9 Å². The van der Waals surface area contributed by atoms with Gasteiger partial charge in [0.05, 0.1) is 0 Å². The molecule has 0 radical (unpaired) electrons. The molecular formula is C13H9FOS. The highest BCUT2D eigenvalue weighted by atomic mass is 32.2. The molecular weight excluding hydrogens is 223 g/mol. The van der Waals surface area contributed by atoms with Crippen LogP contribution >= 0.6 is 11.8 Å². The fraction of sp³-hybridized carbons (Fsp3) is 0. The molecule has 0 unspecified atom stereocenters. The molecule has 2 aromatic rings. The Balaban J connectivity index is 2.31. The van der Waals surface area contributed by atoms with Crippen molar-refractivity contribution in [2.24, 2.45) is 0 Å². The SMILES string of the molecule is O=Cc1cc(F)ccc1Sc1ccccc1. The van der Waals surface area contributed by atoms with E-state index in [0.717, 1.165) is 9.79 Å². The highest BCUT2D eigenvalue weighted by Gasteiger charge is 2.04. The quantitative estimate of drug-likeness (QED) is 0.749. The molecule has 16 heavy (non-hydrogen) atoms. The van der Waals surface area contributed by atoms with Crippen LogP contribution in [-0.4, -0.2) is 6.29 Å². The predicted octanol–water partition coefficient (Wildman–Crippen LogP) is 3.79. The second-order valence-corrected chi connectivity index (χ2v) is 4.33. The molecule has 1 nitrogen and oxygen atoms in total. The van der Waals surface area contributed by atoms with Gasteiger partial charge in [0.1, 0.15) is 5.82 Å². The molecule has 0 atom stereocenters. The maximum Gasteiger partial charge on any atom is 0.151 e. The van der Waals surface area contributed by atoms with Gasteiger partial charge in [-0.15, -0.1) is 0 Å². The molecule has 0 heterocycles. The van der Waals surface area contributed by atoms with Crippen molar-refractivity contribution in [1.29, 1.82) is 0 Å². The zero-order chi connectivity index (χ0) is 11.4. The zero-order valence-corrected chi connectivity index (χ0v) is 9.21. The third kappa shape index (κ3) is 2.49. The minimum Gasteiger partial charge on any atom is -0.298 e. The van der Waals surface area contributed by atoms with Crippen molar-refractivity contribution < 1.29 is 9.18 Å². The van der Waals surface area contributed by atoms with E-state index in [-0.39, 0.29) is 5.82 Å². The Labute approximate surface area is 97.3 Å².